The number of hydrogen-bond acceptors (Lipinski definition) is 1. The summed E-state index contributed by atoms with van der Waals surface area (Å²) in [5, 5.41) is 6.88. The van der Waals surface area contributed by atoms with Crippen LogP contribution in [0.2, 0.25) is 0 Å². The smallest absolute Gasteiger partial charge is 0.191 e. The molecule has 0 bridgehead atoms. The van der Waals surface area contributed by atoms with Gasteiger partial charge < -0.3 is 10.6 Å². The second kappa shape index (κ2) is 4.51. The Morgan fingerprint density at radius 1 is 1.24 bits per heavy atom. The maximum absolute atomic E-state index is 4.84. The summed E-state index contributed by atoms with van der Waals surface area (Å²) in [7, 11) is 0. The quantitative estimate of drug-likeness (QED) is 0.566. The van der Waals surface area contributed by atoms with Crippen LogP contribution in [0.5, 0.6) is 0 Å². The highest BCUT2D eigenvalue weighted by Crippen LogP contribution is 2.57. The van der Waals surface area contributed by atoms with E-state index in [0.29, 0.717) is 11.5 Å². The molecule has 0 aromatic heterocycles. The zero-order valence-electron chi connectivity index (χ0n) is 11.0. The van der Waals surface area contributed by atoms with Gasteiger partial charge >= 0.3 is 0 Å². The third-order valence-corrected chi connectivity index (χ3v) is 4.61. The van der Waals surface area contributed by atoms with Gasteiger partial charge in [0.05, 0.1) is 0 Å². The predicted molar refractivity (Wildman–Crippen MR) is 71.1 cm³/mol. The largest absolute Gasteiger partial charge is 0.357 e. The van der Waals surface area contributed by atoms with Crippen LogP contribution >= 0.6 is 0 Å². The Labute approximate surface area is 104 Å². The maximum Gasteiger partial charge on any atom is 0.191 e. The van der Waals surface area contributed by atoms with Crippen molar-refractivity contribution < 1.29 is 0 Å². The van der Waals surface area contributed by atoms with Gasteiger partial charge in [0.15, 0.2) is 5.96 Å². The minimum absolute atomic E-state index is 0.603. The third kappa shape index (κ3) is 2.58. The van der Waals surface area contributed by atoms with Crippen LogP contribution < -0.4 is 10.6 Å². The van der Waals surface area contributed by atoms with Crippen molar-refractivity contribution in [3.63, 3.8) is 0 Å². The first kappa shape index (κ1) is 11.4. The molecule has 0 radical (unpaired) electrons. The summed E-state index contributed by atoms with van der Waals surface area (Å²) in [5.41, 5.74) is 0.603. The van der Waals surface area contributed by atoms with Crippen LogP contribution in [0, 0.1) is 11.3 Å². The molecule has 0 heterocycles. The number of hydrogen-bond donors (Lipinski definition) is 2. The van der Waals surface area contributed by atoms with Gasteiger partial charge in [-0.05, 0) is 56.8 Å². The topological polar surface area (TPSA) is 36.4 Å². The molecule has 0 unspecified atom stereocenters. The normalized spacial score (nSPS) is 27.5. The van der Waals surface area contributed by atoms with Crippen LogP contribution in [0.3, 0.4) is 0 Å². The van der Waals surface area contributed by atoms with E-state index < -0.39 is 0 Å². The van der Waals surface area contributed by atoms with E-state index in [2.05, 4.69) is 17.6 Å². The highest BCUT2D eigenvalue weighted by molar-refractivity contribution is 5.80. The minimum Gasteiger partial charge on any atom is -0.357 e. The van der Waals surface area contributed by atoms with Crippen molar-refractivity contribution in [2.75, 3.05) is 13.1 Å². The van der Waals surface area contributed by atoms with Gasteiger partial charge in [-0.3, -0.25) is 4.99 Å². The molecular weight excluding hydrogens is 210 g/mol. The lowest BCUT2D eigenvalue weighted by Crippen LogP contribution is -2.41. The zero-order valence-corrected chi connectivity index (χ0v) is 11.0. The average molecular weight is 235 g/mol. The van der Waals surface area contributed by atoms with Gasteiger partial charge in [0.25, 0.3) is 0 Å². The van der Waals surface area contributed by atoms with E-state index in [4.69, 9.17) is 4.99 Å². The summed E-state index contributed by atoms with van der Waals surface area (Å²) in [6, 6.07) is 0.700. The summed E-state index contributed by atoms with van der Waals surface area (Å²) in [6.07, 6.45) is 9.83. The Kier molecular flexibility index (Phi) is 3.01. The predicted octanol–water partition coefficient (Wildman–Crippen LogP) is 2.28. The van der Waals surface area contributed by atoms with E-state index in [1.165, 1.54) is 44.9 Å². The Morgan fingerprint density at radius 3 is 2.47 bits per heavy atom. The molecule has 3 saturated carbocycles. The number of nitrogens with one attached hydrogen (secondary N) is 2. The van der Waals surface area contributed by atoms with E-state index in [9.17, 15) is 0 Å². The highest BCUT2D eigenvalue weighted by atomic mass is 15.2. The molecule has 17 heavy (non-hydrogen) atoms. The molecule has 2 N–H and O–H groups in total. The second-order valence-corrected chi connectivity index (χ2v) is 6.10. The molecular formula is C14H25N3. The lowest BCUT2D eigenvalue weighted by Gasteiger charge is -2.41. The average Bonchev–Trinajstić information content (AvgIpc) is 3.10. The molecule has 3 aliphatic rings. The standard InChI is InChI=1S/C14H25N3/c1-2-15-13(17-12-6-7-12)16-10-14(8-3-9-14)11-4-5-11/h11-12H,2-10H2,1H3,(H2,15,16,17). The van der Waals surface area contributed by atoms with Crippen LogP contribution in [0.25, 0.3) is 0 Å². The van der Waals surface area contributed by atoms with Crippen molar-refractivity contribution in [3.05, 3.63) is 0 Å². The molecule has 0 spiro atoms. The summed E-state index contributed by atoms with van der Waals surface area (Å²) in [6.45, 7) is 4.17. The Bertz CT molecular complexity index is 299. The van der Waals surface area contributed by atoms with Gasteiger partial charge in [0.1, 0.15) is 0 Å². The van der Waals surface area contributed by atoms with Crippen molar-refractivity contribution in [1.82, 2.24) is 10.6 Å². The first-order valence-corrected chi connectivity index (χ1v) is 7.37. The van der Waals surface area contributed by atoms with Crippen LogP contribution in [0.4, 0.5) is 0 Å². The summed E-state index contributed by atoms with van der Waals surface area (Å²) >= 11 is 0. The van der Waals surface area contributed by atoms with Crippen molar-refractivity contribution in [2.45, 2.75) is 57.9 Å². The molecule has 3 nitrogen and oxygen atoms in total. The Balaban J connectivity index is 1.57. The van der Waals surface area contributed by atoms with Crippen LogP contribution in [-0.4, -0.2) is 25.1 Å². The first-order chi connectivity index (χ1) is 8.32. The van der Waals surface area contributed by atoms with Crippen molar-refractivity contribution in [3.8, 4) is 0 Å². The number of aliphatic imine (C=N–C) groups is 1. The van der Waals surface area contributed by atoms with Crippen molar-refractivity contribution in [2.24, 2.45) is 16.3 Å². The molecule has 3 aliphatic carbocycles. The number of nitrogens with zero attached hydrogens (tertiary/aromatic N) is 1. The van der Waals surface area contributed by atoms with Gasteiger partial charge in [-0.1, -0.05) is 6.42 Å². The van der Waals surface area contributed by atoms with Gasteiger partial charge in [0, 0.05) is 19.1 Å². The Hall–Kier alpha value is -0.730. The lowest BCUT2D eigenvalue weighted by atomic mass is 9.65. The molecule has 0 aromatic rings. The maximum atomic E-state index is 4.84. The van der Waals surface area contributed by atoms with Crippen LogP contribution in [-0.2, 0) is 0 Å². The number of guanidine groups is 1. The minimum atomic E-state index is 0.603. The van der Waals surface area contributed by atoms with E-state index in [1.807, 2.05) is 0 Å². The van der Waals surface area contributed by atoms with Gasteiger partial charge in [-0.15, -0.1) is 0 Å². The molecule has 0 saturated heterocycles. The number of rotatable bonds is 5. The van der Waals surface area contributed by atoms with Crippen LogP contribution in [0.15, 0.2) is 4.99 Å². The van der Waals surface area contributed by atoms with Gasteiger partial charge in [0.2, 0.25) is 0 Å². The fourth-order valence-electron chi connectivity index (χ4n) is 3.00. The highest BCUT2D eigenvalue weighted by Gasteiger charge is 2.48. The fourth-order valence-corrected chi connectivity index (χ4v) is 3.00. The van der Waals surface area contributed by atoms with Gasteiger partial charge in [-0.2, -0.15) is 0 Å². The van der Waals surface area contributed by atoms with E-state index in [-0.39, 0.29) is 0 Å². The SMILES string of the molecule is CCNC(=NCC1(C2CC2)CCC1)NC1CC1. The molecule has 0 atom stereocenters. The second-order valence-electron chi connectivity index (χ2n) is 6.10. The lowest BCUT2D eigenvalue weighted by molar-refractivity contribution is 0.113. The molecule has 96 valence electrons. The first-order valence-electron chi connectivity index (χ1n) is 7.37. The molecule has 0 aliphatic heterocycles. The summed E-state index contributed by atoms with van der Waals surface area (Å²) in [5.74, 6) is 2.06. The van der Waals surface area contributed by atoms with Crippen molar-refractivity contribution in [1.29, 1.82) is 0 Å². The third-order valence-electron chi connectivity index (χ3n) is 4.61. The summed E-state index contributed by atoms with van der Waals surface area (Å²) in [4.78, 5) is 4.84. The van der Waals surface area contributed by atoms with E-state index in [0.717, 1.165) is 25.0 Å². The summed E-state index contributed by atoms with van der Waals surface area (Å²) < 4.78 is 0. The van der Waals surface area contributed by atoms with Gasteiger partial charge in [-0.25, -0.2) is 0 Å². The van der Waals surface area contributed by atoms with Crippen LogP contribution in [0.1, 0.15) is 51.9 Å². The molecule has 0 amide bonds. The Morgan fingerprint density at radius 2 is 2.00 bits per heavy atom. The molecule has 3 rings (SSSR count). The zero-order chi connectivity index (χ0) is 11.7. The molecule has 3 fully saturated rings. The van der Waals surface area contributed by atoms with Crippen molar-refractivity contribution >= 4 is 5.96 Å². The molecule has 3 heteroatoms. The fraction of sp³-hybridized carbons (Fsp3) is 0.929. The van der Waals surface area contributed by atoms with E-state index >= 15 is 0 Å². The monoisotopic (exact) mass is 235 g/mol. The molecule has 0 aromatic carbocycles. The van der Waals surface area contributed by atoms with E-state index in [1.54, 1.807) is 0 Å².